The molecule has 2 aliphatic carbocycles. The van der Waals surface area contributed by atoms with Gasteiger partial charge < -0.3 is 10.6 Å². The molecule has 23 heavy (non-hydrogen) atoms. The number of carbonyl (C=O) groups excluding carboxylic acids is 1. The summed E-state index contributed by atoms with van der Waals surface area (Å²) < 4.78 is 11.4. The Morgan fingerprint density at radius 2 is 1.87 bits per heavy atom. The monoisotopic (exact) mass is 356 g/mol. The number of amides is 1. The van der Waals surface area contributed by atoms with Crippen LogP contribution in [0.1, 0.15) is 24.8 Å². The molecule has 6 heteroatoms. The molecular weight excluding hydrogens is 332 g/mol. The van der Waals surface area contributed by atoms with E-state index in [9.17, 15) is 9.00 Å². The molecule has 2 aliphatic rings. The van der Waals surface area contributed by atoms with Gasteiger partial charge in [0.15, 0.2) is 0 Å². The van der Waals surface area contributed by atoms with Crippen molar-refractivity contribution in [2.45, 2.75) is 36.7 Å². The van der Waals surface area contributed by atoms with Crippen molar-refractivity contribution >= 4 is 29.1 Å². The van der Waals surface area contributed by atoms with Crippen LogP contribution in [0.2, 0.25) is 0 Å². The number of nitrogens with two attached hydrogens (primary N) is 1. The Hall–Kier alpha value is -0.910. The molecule has 5 unspecified atom stereocenters. The molecule has 0 aromatic heterocycles. The largest absolute Gasteiger partial charge is 0.341 e. The zero-order valence-corrected chi connectivity index (χ0v) is 15.2. The lowest BCUT2D eigenvalue weighted by molar-refractivity contribution is -0.137. The summed E-state index contributed by atoms with van der Waals surface area (Å²) in [6.07, 6.45) is 5.14. The van der Waals surface area contributed by atoms with Crippen LogP contribution in [0.4, 0.5) is 0 Å². The lowest BCUT2D eigenvalue weighted by Crippen LogP contribution is -2.45. The fourth-order valence-corrected chi connectivity index (χ4v) is 4.61. The second kappa shape index (κ2) is 7.32. The van der Waals surface area contributed by atoms with Crippen molar-refractivity contribution in [1.82, 2.24) is 4.90 Å². The third-order valence-corrected chi connectivity index (χ3v) is 6.25. The first kappa shape index (κ1) is 18.4. The molecule has 0 spiro atoms. The molecule has 1 aromatic carbocycles. The maximum atomic E-state index is 12.7. The smallest absolute Gasteiger partial charge is 0.227 e. The van der Waals surface area contributed by atoms with Crippen molar-refractivity contribution in [2.75, 3.05) is 13.3 Å². The van der Waals surface area contributed by atoms with Crippen molar-refractivity contribution < 1.29 is 9.00 Å². The van der Waals surface area contributed by atoms with Crippen molar-refractivity contribution in [3.63, 3.8) is 0 Å². The third-order valence-electron chi connectivity index (χ3n) is 5.32. The number of fused-ring (bicyclic) bond motifs is 2. The van der Waals surface area contributed by atoms with Crippen molar-refractivity contribution in [1.29, 1.82) is 0 Å². The van der Waals surface area contributed by atoms with Crippen molar-refractivity contribution in [3.05, 3.63) is 29.8 Å². The number of rotatable bonds is 4. The van der Waals surface area contributed by atoms with Gasteiger partial charge in [-0.2, -0.15) is 0 Å². The highest BCUT2D eigenvalue weighted by Gasteiger charge is 2.49. The first-order valence-corrected chi connectivity index (χ1v) is 9.46. The number of carbonyl (C=O) groups is 1. The van der Waals surface area contributed by atoms with E-state index in [0.29, 0.717) is 18.4 Å². The van der Waals surface area contributed by atoms with Crippen molar-refractivity contribution in [2.24, 2.45) is 23.5 Å². The first-order valence-electron chi connectivity index (χ1n) is 7.90. The molecule has 128 valence electrons. The van der Waals surface area contributed by atoms with Crippen LogP contribution in [0.3, 0.4) is 0 Å². The number of hydrogen-bond donors (Lipinski definition) is 1. The zero-order chi connectivity index (χ0) is 15.9. The summed E-state index contributed by atoms with van der Waals surface area (Å²) >= 11 is 0. The standard InChI is InChI=1S/C17H24N2O2S.ClH/c1-19(10-11-3-7-14(8-4-11)22(2)21)17(20)15-12-5-6-13(9-12)16(15)18;/h3-4,7-8,12-13,15-16H,5-6,9-10,18H2,1-2H3;1H. The quantitative estimate of drug-likeness (QED) is 0.899. The van der Waals surface area contributed by atoms with Crippen LogP contribution >= 0.6 is 12.4 Å². The lowest BCUT2D eigenvalue weighted by atomic mass is 9.84. The molecule has 0 aliphatic heterocycles. The minimum absolute atomic E-state index is 0. The van der Waals surface area contributed by atoms with Crippen LogP contribution in [-0.4, -0.2) is 34.4 Å². The molecule has 1 amide bonds. The van der Waals surface area contributed by atoms with E-state index in [1.165, 1.54) is 6.42 Å². The van der Waals surface area contributed by atoms with Crippen LogP contribution in [0.25, 0.3) is 0 Å². The molecule has 2 fully saturated rings. The Bertz CT molecular complexity index is 591. The van der Waals surface area contributed by atoms with Gasteiger partial charge in [0.05, 0.1) is 5.92 Å². The summed E-state index contributed by atoms with van der Waals surface area (Å²) in [5, 5.41) is 0. The van der Waals surface area contributed by atoms with Gasteiger partial charge in [-0.15, -0.1) is 12.4 Å². The number of hydrogen-bond acceptors (Lipinski definition) is 3. The van der Waals surface area contributed by atoms with Gasteiger partial charge in [0.1, 0.15) is 0 Å². The number of nitrogens with zero attached hydrogens (tertiary/aromatic N) is 1. The fraction of sp³-hybridized carbons (Fsp3) is 0.588. The van der Waals surface area contributed by atoms with Crippen LogP contribution < -0.4 is 5.73 Å². The average molecular weight is 357 g/mol. The summed E-state index contributed by atoms with van der Waals surface area (Å²) in [6, 6.07) is 7.67. The normalized spacial score (nSPS) is 29.9. The molecule has 1 aromatic rings. The van der Waals surface area contributed by atoms with Gasteiger partial charge in [0, 0.05) is 41.6 Å². The highest BCUT2D eigenvalue weighted by atomic mass is 35.5. The van der Waals surface area contributed by atoms with E-state index in [4.69, 9.17) is 5.73 Å². The number of halogens is 1. The maximum Gasteiger partial charge on any atom is 0.227 e. The SMILES string of the molecule is CN(Cc1ccc(S(C)=O)cc1)C(=O)C1C2CCC(C2)C1N.Cl. The summed E-state index contributed by atoms with van der Waals surface area (Å²) in [4.78, 5) is 15.3. The molecule has 2 N–H and O–H groups in total. The van der Waals surface area contributed by atoms with E-state index in [0.717, 1.165) is 23.3 Å². The Balaban J connectivity index is 0.00000192. The van der Waals surface area contributed by atoms with Gasteiger partial charge in [-0.1, -0.05) is 12.1 Å². The lowest BCUT2D eigenvalue weighted by Gasteiger charge is -2.30. The second-order valence-corrected chi connectivity index (χ2v) is 8.11. The van der Waals surface area contributed by atoms with E-state index < -0.39 is 10.8 Å². The van der Waals surface area contributed by atoms with E-state index in [-0.39, 0.29) is 30.3 Å². The van der Waals surface area contributed by atoms with E-state index in [2.05, 4.69) is 0 Å². The van der Waals surface area contributed by atoms with Gasteiger partial charge in [-0.05, 0) is 48.8 Å². The minimum Gasteiger partial charge on any atom is -0.341 e. The maximum absolute atomic E-state index is 12.7. The Labute approximate surface area is 146 Å². The summed E-state index contributed by atoms with van der Waals surface area (Å²) in [7, 11) is 0.890. The van der Waals surface area contributed by atoms with Gasteiger partial charge in [0.25, 0.3) is 0 Å². The van der Waals surface area contributed by atoms with Crippen LogP contribution in [0.15, 0.2) is 29.2 Å². The molecule has 4 nitrogen and oxygen atoms in total. The molecule has 5 atom stereocenters. The van der Waals surface area contributed by atoms with Gasteiger partial charge in [-0.25, -0.2) is 0 Å². The zero-order valence-electron chi connectivity index (χ0n) is 13.6. The summed E-state index contributed by atoms with van der Waals surface area (Å²) in [5.41, 5.74) is 7.33. The molecular formula is C17H25ClN2O2S. The van der Waals surface area contributed by atoms with Gasteiger partial charge in [-0.3, -0.25) is 9.00 Å². The average Bonchev–Trinajstić information content (AvgIpc) is 3.08. The molecule has 3 rings (SSSR count). The van der Waals surface area contributed by atoms with Gasteiger partial charge in [0.2, 0.25) is 5.91 Å². The Morgan fingerprint density at radius 1 is 1.26 bits per heavy atom. The van der Waals surface area contributed by atoms with E-state index in [1.54, 1.807) is 11.2 Å². The molecule has 0 saturated heterocycles. The first-order chi connectivity index (χ1) is 10.5. The molecule has 2 saturated carbocycles. The minimum atomic E-state index is -0.964. The van der Waals surface area contributed by atoms with Crippen LogP contribution in [0, 0.1) is 17.8 Å². The number of benzene rings is 1. The molecule has 2 bridgehead atoms. The summed E-state index contributed by atoms with van der Waals surface area (Å²) in [6.45, 7) is 0.579. The second-order valence-electron chi connectivity index (χ2n) is 6.73. The Kier molecular flexibility index (Phi) is 5.87. The van der Waals surface area contributed by atoms with Gasteiger partial charge >= 0.3 is 0 Å². The topological polar surface area (TPSA) is 63.4 Å². The fourth-order valence-electron chi connectivity index (χ4n) is 4.09. The van der Waals surface area contributed by atoms with Crippen LogP contribution in [-0.2, 0) is 22.1 Å². The third kappa shape index (κ3) is 3.62. The Morgan fingerprint density at radius 3 is 2.39 bits per heavy atom. The van der Waals surface area contributed by atoms with Crippen molar-refractivity contribution in [3.8, 4) is 0 Å². The predicted octanol–water partition coefficient (Wildman–Crippen LogP) is 2.18. The molecule has 0 heterocycles. The van der Waals surface area contributed by atoms with E-state index in [1.807, 2.05) is 31.3 Å². The van der Waals surface area contributed by atoms with E-state index >= 15 is 0 Å². The summed E-state index contributed by atoms with van der Waals surface area (Å²) in [5.74, 6) is 1.22. The highest BCUT2D eigenvalue weighted by molar-refractivity contribution is 7.84. The molecule has 0 radical (unpaired) electrons. The van der Waals surface area contributed by atoms with Crippen LogP contribution in [0.5, 0.6) is 0 Å². The highest BCUT2D eigenvalue weighted by Crippen LogP contribution is 2.48. The predicted molar refractivity (Wildman–Crippen MR) is 94.8 cm³/mol.